The summed E-state index contributed by atoms with van der Waals surface area (Å²) in [5.41, 5.74) is 5.17. The van der Waals surface area contributed by atoms with Crippen LogP contribution in [0.25, 0.3) is 11.1 Å². The van der Waals surface area contributed by atoms with E-state index in [1.54, 1.807) is 6.20 Å². The summed E-state index contributed by atoms with van der Waals surface area (Å²) < 4.78 is 5.65. The van der Waals surface area contributed by atoms with Crippen molar-refractivity contribution < 1.29 is 9.53 Å². The second-order valence-electron chi connectivity index (χ2n) is 5.27. The van der Waals surface area contributed by atoms with Gasteiger partial charge in [0.1, 0.15) is 5.75 Å². The molecule has 108 valence electrons. The van der Waals surface area contributed by atoms with E-state index < -0.39 is 0 Å². The molecule has 0 unspecified atom stereocenters. The number of benzene rings is 1. The van der Waals surface area contributed by atoms with Crippen molar-refractivity contribution >= 4 is 11.6 Å². The Balaban J connectivity index is 2.05. The van der Waals surface area contributed by atoms with Gasteiger partial charge in [-0.05, 0) is 42.2 Å². The van der Waals surface area contributed by atoms with Crippen molar-refractivity contribution in [2.75, 3.05) is 11.9 Å². The van der Waals surface area contributed by atoms with E-state index in [0.717, 1.165) is 40.1 Å². The summed E-state index contributed by atoms with van der Waals surface area (Å²) in [5, 5.41) is 2.89. The maximum absolute atomic E-state index is 11.7. The summed E-state index contributed by atoms with van der Waals surface area (Å²) in [4.78, 5) is 15.9. The maximum Gasteiger partial charge on any atom is 0.228 e. The van der Waals surface area contributed by atoms with Gasteiger partial charge >= 0.3 is 0 Å². The highest BCUT2D eigenvalue weighted by Crippen LogP contribution is 2.36. The largest absolute Gasteiger partial charge is 0.492 e. The quantitative estimate of drug-likeness (QED) is 0.935. The van der Waals surface area contributed by atoms with Crippen molar-refractivity contribution in [1.82, 2.24) is 4.98 Å². The van der Waals surface area contributed by atoms with Crippen LogP contribution >= 0.6 is 0 Å². The van der Waals surface area contributed by atoms with Crippen molar-refractivity contribution in [2.24, 2.45) is 0 Å². The van der Waals surface area contributed by atoms with Gasteiger partial charge in [0.25, 0.3) is 0 Å². The number of hydrogen-bond donors (Lipinski definition) is 1. The molecule has 2 heterocycles. The zero-order chi connectivity index (χ0) is 14.8. The van der Waals surface area contributed by atoms with E-state index >= 15 is 0 Å². The van der Waals surface area contributed by atoms with Gasteiger partial charge in [0.15, 0.2) is 0 Å². The summed E-state index contributed by atoms with van der Waals surface area (Å²) in [6.07, 6.45) is 4.93. The zero-order valence-corrected chi connectivity index (χ0v) is 12.3. The molecule has 1 aromatic carbocycles. The number of carbonyl (C=O) groups excluding carboxylic acids is 1. The van der Waals surface area contributed by atoms with E-state index in [2.05, 4.69) is 24.1 Å². The van der Waals surface area contributed by atoms with E-state index in [1.807, 2.05) is 24.4 Å². The fourth-order valence-electron chi connectivity index (χ4n) is 2.68. The number of ether oxygens (including phenoxy) is 1. The molecule has 0 saturated carbocycles. The zero-order valence-electron chi connectivity index (χ0n) is 12.3. The number of fused-ring (bicyclic) bond motifs is 1. The van der Waals surface area contributed by atoms with Crippen LogP contribution in [0.3, 0.4) is 0 Å². The molecule has 1 aliphatic rings. The molecule has 1 aliphatic heterocycles. The molecule has 4 nitrogen and oxygen atoms in total. The molecule has 0 fully saturated rings. The molecule has 3 rings (SSSR count). The molecule has 0 radical (unpaired) electrons. The third-order valence-corrected chi connectivity index (χ3v) is 3.61. The van der Waals surface area contributed by atoms with Crippen LogP contribution in [0.5, 0.6) is 5.75 Å². The summed E-state index contributed by atoms with van der Waals surface area (Å²) in [7, 11) is 0. The number of amides is 1. The SMILES string of the molecule is CCCOc1cncc(-c2c(C)ccc3c2CC(=O)N3)c1. The van der Waals surface area contributed by atoms with Crippen molar-refractivity contribution in [2.45, 2.75) is 26.7 Å². The second kappa shape index (κ2) is 5.56. The highest BCUT2D eigenvalue weighted by atomic mass is 16.5. The maximum atomic E-state index is 11.7. The van der Waals surface area contributed by atoms with Crippen LogP contribution in [-0.4, -0.2) is 17.5 Å². The number of carbonyl (C=O) groups is 1. The molecular formula is C17H18N2O2. The second-order valence-corrected chi connectivity index (χ2v) is 5.27. The minimum Gasteiger partial charge on any atom is -0.492 e. The first kappa shape index (κ1) is 13.6. The lowest BCUT2D eigenvalue weighted by molar-refractivity contribution is -0.115. The Labute approximate surface area is 124 Å². The van der Waals surface area contributed by atoms with Gasteiger partial charge in [-0.1, -0.05) is 13.0 Å². The first-order valence-electron chi connectivity index (χ1n) is 7.19. The van der Waals surface area contributed by atoms with E-state index in [1.165, 1.54) is 0 Å². The number of aromatic nitrogens is 1. The average Bonchev–Trinajstić information content (AvgIpc) is 2.85. The fourth-order valence-corrected chi connectivity index (χ4v) is 2.68. The van der Waals surface area contributed by atoms with Gasteiger partial charge in [0.05, 0.1) is 19.2 Å². The van der Waals surface area contributed by atoms with Crippen molar-refractivity contribution in [3.8, 4) is 16.9 Å². The number of anilines is 1. The Hall–Kier alpha value is -2.36. The van der Waals surface area contributed by atoms with E-state index in [-0.39, 0.29) is 5.91 Å². The van der Waals surface area contributed by atoms with Crippen LogP contribution in [0.1, 0.15) is 24.5 Å². The average molecular weight is 282 g/mol. The predicted octanol–water partition coefficient (Wildman–Crippen LogP) is 3.34. The van der Waals surface area contributed by atoms with Crippen LogP contribution in [0.15, 0.2) is 30.6 Å². The van der Waals surface area contributed by atoms with Crippen molar-refractivity contribution in [3.05, 3.63) is 41.7 Å². The third-order valence-electron chi connectivity index (χ3n) is 3.61. The smallest absolute Gasteiger partial charge is 0.228 e. The molecule has 21 heavy (non-hydrogen) atoms. The van der Waals surface area contributed by atoms with Gasteiger partial charge < -0.3 is 10.1 Å². The summed E-state index contributed by atoms with van der Waals surface area (Å²) >= 11 is 0. The normalized spacial score (nSPS) is 13.0. The van der Waals surface area contributed by atoms with Crippen LogP contribution in [0, 0.1) is 6.92 Å². The Morgan fingerprint density at radius 2 is 2.19 bits per heavy atom. The van der Waals surface area contributed by atoms with Crippen molar-refractivity contribution in [3.63, 3.8) is 0 Å². The van der Waals surface area contributed by atoms with Gasteiger partial charge in [0, 0.05) is 17.4 Å². The number of pyridine rings is 1. The lowest BCUT2D eigenvalue weighted by Crippen LogP contribution is -2.03. The molecular weight excluding hydrogens is 264 g/mol. The third kappa shape index (κ3) is 2.61. The van der Waals surface area contributed by atoms with Gasteiger partial charge in [-0.2, -0.15) is 0 Å². The Kier molecular flexibility index (Phi) is 3.60. The summed E-state index contributed by atoms with van der Waals surface area (Å²) in [6.45, 7) is 4.80. The number of nitrogens with zero attached hydrogens (tertiary/aromatic N) is 1. The van der Waals surface area contributed by atoms with Crippen molar-refractivity contribution in [1.29, 1.82) is 0 Å². The minimum absolute atomic E-state index is 0.0446. The molecule has 2 aromatic rings. The first-order valence-corrected chi connectivity index (χ1v) is 7.19. The van der Waals surface area contributed by atoms with Crippen LogP contribution < -0.4 is 10.1 Å². The Morgan fingerprint density at radius 1 is 1.33 bits per heavy atom. The topological polar surface area (TPSA) is 51.2 Å². The van der Waals surface area contributed by atoms with Gasteiger partial charge in [0.2, 0.25) is 5.91 Å². The monoisotopic (exact) mass is 282 g/mol. The van der Waals surface area contributed by atoms with Crippen LogP contribution in [0.2, 0.25) is 0 Å². The first-order chi connectivity index (χ1) is 10.2. The molecule has 0 saturated heterocycles. The highest BCUT2D eigenvalue weighted by Gasteiger charge is 2.22. The lowest BCUT2D eigenvalue weighted by atomic mass is 9.94. The van der Waals surface area contributed by atoms with E-state index in [0.29, 0.717) is 13.0 Å². The standard InChI is InChI=1S/C17H18N2O2/c1-3-6-21-13-7-12(9-18-10-13)17-11(2)4-5-15-14(17)8-16(20)19-15/h4-5,7,9-10H,3,6,8H2,1-2H3,(H,19,20). The molecule has 0 aliphatic carbocycles. The molecule has 1 N–H and O–H groups in total. The molecule has 0 spiro atoms. The lowest BCUT2D eigenvalue weighted by Gasteiger charge is -2.12. The molecule has 0 bridgehead atoms. The fraction of sp³-hybridized carbons (Fsp3) is 0.294. The Bertz CT molecular complexity index is 695. The number of nitrogens with one attached hydrogen (secondary N) is 1. The summed E-state index contributed by atoms with van der Waals surface area (Å²) in [5.74, 6) is 0.812. The molecule has 0 atom stereocenters. The van der Waals surface area contributed by atoms with Crippen LogP contribution in [0.4, 0.5) is 5.69 Å². The van der Waals surface area contributed by atoms with Gasteiger partial charge in [-0.3, -0.25) is 9.78 Å². The molecule has 1 aromatic heterocycles. The van der Waals surface area contributed by atoms with E-state index in [9.17, 15) is 4.79 Å². The van der Waals surface area contributed by atoms with E-state index in [4.69, 9.17) is 4.74 Å². The van der Waals surface area contributed by atoms with Gasteiger partial charge in [-0.15, -0.1) is 0 Å². The molecule has 1 amide bonds. The summed E-state index contributed by atoms with van der Waals surface area (Å²) in [6, 6.07) is 5.98. The number of hydrogen-bond acceptors (Lipinski definition) is 3. The number of rotatable bonds is 4. The molecule has 4 heteroatoms. The highest BCUT2D eigenvalue weighted by molar-refractivity contribution is 6.02. The van der Waals surface area contributed by atoms with Crippen LogP contribution in [-0.2, 0) is 11.2 Å². The predicted molar refractivity (Wildman–Crippen MR) is 82.5 cm³/mol. The minimum atomic E-state index is 0.0446. The number of aryl methyl sites for hydroxylation is 1. The van der Waals surface area contributed by atoms with Gasteiger partial charge in [-0.25, -0.2) is 0 Å². The Morgan fingerprint density at radius 3 is 3.00 bits per heavy atom.